The lowest BCUT2D eigenvalue weighted by Gasteiger charge is -2.17. The van der Waals surface area contributed by atoms with E-state index >= 15 is 0 Å². The van der Waals surface area contributed by atoms with Crippen molar-refractivity contribution < 1.29 is 18.8 Å². The molecule has 1 aliphatic heterocycles. The van der Waals surface area contributed by atoms with Crippen molar-refractivity contribution >= 4 is 5.91 Å². The van der Waals surface area contributed by atoms with Crippen LogP contribution in [0.3, 0.4) is 0 Å². The molecule has 7 nitrogen and oxygen atoms in total. The third-order valence-corrected chi connectivity index (χ3v) is 6.05. The molecule has 1 atom stereocenters. The number of carbonyl (C=O) groups is 1. The molecule has 1 unspecified atom stereocenters. The standard InChI is InChI=1S/C26H31N3O4/c1-5-31-22-10-8-19(14-23(22)32-6-2)11-12-29-16-21(15-24(29)30)25-27-26(33-28-25)20-9-7-17(3)18(4)13-20/h7-10,13-14,21H,5-6,11-12,15-16H2,1-4H3. The second-order valence-corrected chi connectivity index (χ2v) is 8.39. The summed E-state index contributed by atoms with van der Waals surface area (Å²) in [5.41, 5.74) is 4.40. The molecule has 4 rings (SSSR count). The monoisotopic (exact) mass is 449 g/mol. The number of nitrogens with zero attached hydrogens (tertiary/aromatic N) is 3. The summed E-state index contributed by atoms with van der Waals surface area (Å²) in [5.74, 6) is 2.65. The highest BCUT2D eigenvalue weighted by molar-refractivity contribution is 5.79. The summed E-state index contributed by atoms with van der Waals surface area (Å²) < 4.78 is 16.9. The molecule has 2 heterocycles. The average molecular weight is 450 g/mol. The van der Waals surface area contributed by atoms with Gasteiger partial charge >= 0.3 is 0 Å². The fraction of sp³-hybridized carbons (Fsp3) is 0.423. The first-order chi connectivity index (χ1) is 16.0. The van der Waals surface area contributed by atoms with E-state index in [0.29, 0.717) is 44.4 Å². The largest absolute Gasteiger partial charge is 0.490 e. The van der Waals surface area contributed by atoms with Crippen molar-refractivity contribution in [3.8, 4) is 23.0 Å². The number of amides is 1. The third kappa shape index (κ3) is 5.18. The molecule has 1 aromatic heterocycles. The van der Waals surface area contributed by atoms with Crippen LogP contribution >= 0.6 is 0 Å². The van der Waals surface area contributed by atoms with Crippen molar-refractivity contribution in [2.75, 3.05) is 26.3 Å². The molecule has 0 aliphatic carbocycles. The van der Waals surface area contributed by atoms with Gasteiger partial charge in [0.2, 0.25) is 5.91 Å². The van der Waals surface area contributed by atoms with Gasteiger partial charge in [0.25, 0.3) is 5.89 Å². The minimum atomic E-state index is -0.0548. The highest BCUT2D eigenvalue weighted by Gasteiger charge is 2.33. The Morgan fingerprint density at radius 3 is 2.58 bits per heavy atom. The Morgan fingerprint density at radius 1 is 1.03 bits per heavy atom. The van der Waals surface area contributed by atoms with Crippen LogP contribution in [0.25, 0.3) is 11.5 Å². The van der Waals surface area contributed by atoms with E-state index < -0.39 is 0 Å². The van der Waals surface area contributed by atoms with Gasteiger partial charge in [-0.3, -0.25) is 4.79 Å². The highest BCUT2D eigenvalue weighted by Crippen LogP contribution is 2.31. The molecule has 0 bridgehead atoms. The van der Waals surface area contributed by atoms with E-state index in [4.69, 9.17) is 14.0 Å². The molecule has 1 saturated heterocycles. The number of rotatable bonds is 9. The summed E-state index contributed by atoms with van der Waals surface area (Å²) in [4.78, 5) is 19.1. The maximum atomic E-state index is 12.6. The number of aromatic nitrogens is 2. The molecule has 2 aromatic carbocycles. The molecule has 3 aromatic rings. The van der Waals surface area contributed by atoms with Crippen LogP contribution in [0.2, 0.25) is 0 Å². The third-order valence-electron chi connectivity index (χ3n) is 6.05. The molecule has 0 saturated carbocycles. The smallest absolute Gasteiger partial charge is 0.257 e. The molecule has 0 spiro atoms. The summed E-state index contributed by atoms with van der Waals surface area (Å²) in [5, 5.41) is 4.18. The number of carbonyl (C=O) groups excluding carboxylic acids is 1. The van der Waals surface area contributed by atoms with Gasteiger partial charge in [-0.15, -0.1) is 0 Å². The van der Waals surface area contributed by atoms with Gasteiger partial charge in [0.1, 0.15) is 0 Å². The van der Waals surface area contributed by atoms with Crippen molar-refractivity contribution in [1.82, 2.24) is 15.0 Å². The molecule has 7 heteroatoms. The second-order valence-electron chi connectivity index (χ2n) is 8.39. The molecule has 1 amide bonds. The molecular weight excluding hydrogens is 418 g/mol. The predicted molar refractivity (Wildman–Crippen MR) is 126 cm³/mol. The van der Waals surface area contributed by atoms with Crippen LogP contribution in [0.1, 0.15) is 48.7 Å². The molecule has 1 aliphatic rings. The Bertz CT molecular complexity index is 1120. The number of hydrogen-bond acceptors (Lipinski definition) is 6. The zero-order chi connectivity index (χ0) is 23.4. The number of benzene rings is 2. The molecule has 0 N–H and O–H groups in total. The summed E-state index contributed by atoms with van der Waals surface area (Å²) in [6.45, 7) is 10.4. The summed E-state index contributed by atoms with van der Waals surface area (Å²) in [6.07, 6.45) is 1.14. The lowest BCUT2D eigenvalue weighted by Crippen LogP contribution is -2.27. The highest BCUT2D eigenvalue weighted by atomic mass is 16.5. The van der Waals surface area contributed by atoms with Crippen LogP contribution in [0.5, 0.6) is 11.5 Å². The number of likely N-dealkylation sites (tertiary alicyclic amines) is 1. The van der Waals surface area contributed by atoms with Crippen molar-refractivity contribution in [1.29, 1.82) is 0 Å². The van der Waals surface area contributed by atoms with E-state index in [0.717, 1.165) is 29.0 Å². The van der Waals surface area contributed by atoms with Crippen LogP contribution in [-0.2, 0) is 11.2 Å². The van der Waals surface area contributed by atoms with Crippen molar-refractivity contribution in [3.05, 3.63) is 58.9 Å². The van der Waals surface area contributed by atoms with Gasteiger partial charge in [0.05, 0.1) is 13.2 Å². The van der Waals surface area contributed by atoms with Crippen LogP contribution in [0, 0.1) is 13.8 Å². The van der Waals surface area contributed by atoms with Crippen LogP contribution < -0.4 is 9.47 Å². The normalized spacial score (nSPS) is 15.8. The lowest BCUT2D eigenvalue weighted by atomic mass is 10.1. The fourth-order valence-electron chi connectivity index (χ4n) is 4.07. The van der Waals surface area contributed by atoms with Gasteiger partial charge in [-0.2, -0.15) is 4.98 Å². The summed E-state index contributed by atoms with van der Waals surface area (Å²) in [7, 11) is 0. The zero-order valence-corrected chi connectivity index (χ0v) is 19.8. The minimum Gasteiger partial charge on any atom is -0.490 e. The van der Waals surface area contributed by atoms with Gasteiger partial charge < -0.3 is 18.9 Å². The topological polar surface area (TPSA) is 77.7 Å². The first-order valence-corrected chi connectivity index (χ1v) is 11.6. The Morgan fingerprint density at radius 2 is 1.82 bits per heavy atom. The van der Waals surface area contributed by atoms with Crippen molar-refractivity contribution in [2.45, 2.75) is 46.5 Å². The van der Waals surface area contributed by atoms with Gasteiger partial charge in [-0.25, -0.2) is 0 Å². The maximum absolute atomic E-state index is 12.6. The lowest BCUT2D eigenvalue weighted by molar-refractivity contribution is -0.127. The van der Waals surface area contributed by atoms with E-state index in [2.05, 4.69) is 24.0 Å². The first-order valence-electron chi connectivity index (χ1n) is 11.6. The Hall–Kier alpha value is -3.35. The molecule has 174 valence electrons. The quantitative estimate of drug-likeness (QED) is 0.471. The molecule has 1 fully saturated rings. The van der Waals surface area contributed by atoms with E-state index in [1.165, 1.54) is 11.1 Å². The SMILES string of the molecule is CCOc1ccc(CCN2CC(c3noc(-c4ccc(C)c(C)c4)n3)CC2=O)cc1OCC. The van der Waals surface area contributed by atoms with Crippen LogP contribution in [-0.4, -0.2) is 47.3 Å². The van der Waals surface area contributed by atoms with Gasteiger partial charge in [0.15, 0.2) is 17.3 Å². The van der Waals surface area contributed by atoms with Crippen LogP contribution in [0.4, 0.5) is 0 Å². The summed E-state index contributed by atoms with van der Waals surface area (Å²) in [6, 6.07) is 12.0. The van der Waals surface area contributed by atoms with Crippen molar-refractivity contribution in [3.63, 3.8) is 0 Å². The van der Waals surface area contributed by atoms with E-state index in [-0.39, 0.29) is 11.8 Å². The molecular formula is C26H31N3O4. The van der Waals surface area contributed by atoms with Gasteiger partial charge in [0, 0.05) is 31.0 Å². The Balaban J connectivity index is 1.39. The summed E-state index contributed by atoms with van der Waals surface area (Å²) >= 11 is 0. The number of aryl methyl sites for hydroxylation is 2. The molecule has 33 heavy (non-hydrogen) atoms. The van der Waals surface area contributed by atoms with E-state index in [1.54, 1.807) is 0 Å². The minimum absolute atomic E-state index is 0.0548. The van der Waals surface area contributed by atoms with Crippen LogP contribution in [0.15, 0.2) is 40.9 Å². The van der Waals surface area contributed by atoms with Gasteiger partial charge in [-0.1, -0.05) is 17.3 Å². The van der Waals surface area contributed by atoms with Gasteiger partial charge in [-0.05, 0) is 75.1 Å². The Labute approximate surface area is 194 Å². The zero-order valence-electron chi connectivity index (χ0n) is 19.8. The number of ether oxygens (including phenoxy) is 2. The number of hydrogen-bond donors (Lipinski definition) is 0. The van der Waals surface area contributed by atoms with Crippen molar-refractivity contribution in [2.24, 2.45) is 0 Å². The van der Waals surface area contributed by atoms with E-state index in [1.807, 2.05) is 55.1 Å². The predicted octanol–water partition coefficient (Wildman–Crippen LogP) is 4.71. The average Bonchev–Trinajstić information content (AvgIpc) is 3.43. The fourth-order valence-corrected chi connectivity index (χ4v) is 4.07. The van der Waals surface area contributed by atoms with E-state index in [9.17, 15) is 4.79 Å². The second kappa shape index (κ2) is 10.1. The maximum Gasteiger partial charge on any atom is 0.257 e. The first kappa shape index (κ1) is 22.8. The molecule has 0 radical (unpaired) electrons. The Kier molecular flexibility index (Phi) is 6.96.